The fourth-order valence-corrected chi connectivity index (χ4v) is 5.44. The van der Waals surface area contributed by atoms with Crippen molar-refractivity contribution in [1.29, 1.82) is 0 Å². The van der Waals surface area contributed by atoms with E-state index in [0.29, 0.717) is 31.0 Å². The molecule has 6 rings (SSSR count). The molecule has 43 heavy (non-hydrogen) atoms. The quantitative estimate of drug-likeness (QED) is 0.259. The minimum atomic E-state index is -0.529. The molecule has 1 aliphatic rings. The van der Waals surface area contributed by atoms with Crippen LogP contribution in [0.5, 0.6) is 0 Å². The monoisotopic (exact) mass is 577 g/mol. The van der Waals surface area contributed by atoms with Crippen molar-refractivity contribution in [3.63, 3.8) is 0 Å². The van der Waals surface area contributed by atoms with E-state index in [-0.39, 0.29) is 6.09 Å². The van der Waals surface area contributed by atoms with Gasteiger partial charge in [-0.15, -0.1) is 0 Å². The van der Waals surface area contributed by atoms with Crippen LogP contribution < -0.4 is 5.32 Å². The van der Waals surface area contributed by atoms with Crippen LogP contribution in [-0.2, 0) is 18.2 Å². The van der Waals surface area contributed by atoms with E-state index in [1.807, 2.05) is 57.8 Å². The minimum Gasteiger partial charge on any atom is -0.444 e. The van der Waals surface area contributed by atoms with E-state index in [1.54, 1.807) is 11.2 Å². The Morgan fingerprint density at radius 3 is 2.63 bits per heavy atom. The Balaban J connectivity index is 1.22. The lowest BCUT2D eigenvalue weighted by atomic mass is 9.99. The van der Waals surface area contributed by atoms with E-state index in [0.717, 1.165) is 40.2 Å². The second kappa shape index (κ2) is 11.1. The third kappa shape index (κ3) is 6.04. The number of aryl methyl sites for hydroxylation is 2. The van der Waals surface area contributed by atoms with Crippen LogP contribution in [0.1, 0.15) is 44.4 Å². The van der Waals surface area contributed by atoms with Crippen molar-refractivity contribution in [2.75, 3.05) is 25.0 Å². The van der Waals surface area contributed by atoms with E-state index in [9.17, 15) is 4.79 Å². The molecule has 0 fully saturated rings. The number of amides is 1. The molecule has 4 heterocycles. The Bertz CT molecular complexity index is 1890. The van der Waals surface area contributed by atoms with E-state index >= 15 is 0 Å². The van der Waals surface area contributed by atoms with Crippen molar-refractivity contribution < 1.29 is 14.1 Å². The smallest absolute Gasteiger partial charge is 0.410 e. The topological polar surface area (TPSA) is 101 Å². The summed E-state index contributed by atoms with van der Waals surface area (Å²) in [6.45, 7) is 11.4. The van der Waals surface area contributed by atoms with Crippen LogP contribution in [0.3, 0.4) is 0 Å². The Morgan fingerprint density at radius 2 is 1.86 bits per heavy atom. The predicted octanol–water partition coefficient (Wildman–Crippen LogP) is 5.91. The van der Waals surface area contributed by atoms with Gasteiger partial charge in [0.15, 0.2) is 5.82 Å². The molecular weight excluding hydrogens is 540 g/mol. The largest absolute Gasteiger partial charge is 0.444 e. The summed E-state index contributed by atoms with van der Waals surface area (Å²) in [5.41, 5.74) is 8.67. The van der Waals surface area contributed by atoms with Gasteiger partial charge >= 0.3 is 11.9 Å². The number of nitrogens with zero attached hydrogens (tertiary/aromatic N) is 7. The lowest BCUT2D eigenvalue weighted by Gasteiger charge is -2.30. The van der Waals surface area contributed by atoms with Gasteiger partial charge in [-0.2, -0.15) is 0 Å². The van der Waals surface area contributed by atoms with Crippen molar-refractivity contribution >= 4 is 51.2 Å². The maximum Gasteiger partial charge on any atom is 0.410 e. The molecule has 0 saturated heterocycles. The van der Waals surface area contributed by atoms with Gasteiger partial charge in [0, 0.05) is 18.8 Å². The van der Waals surface area contributed by atoms with Gasteiger partial charge in [0.2, 0.25) is 5.52 Å². The summed E-state index contributed by atoms with van der Waals surface area (Å²) in [7, 11) is 2.01. The number of hydrogen-bond donors (Lipinski definition) is 1. The van der Waals surface area contributed by atoms with Crippen LogP contribution in [0.4, 0.5) is 22.1 Å². The maximum absolute atomic E-state index is 12.6. The number of imidazole rings is 1. The van der Waals surface area contributed by atoms with Gasteiger partial charge in [-0.05, 0) is 93.0 Å². The highest BCUT2D eigenvalue weighted by molar-refractivity contribution is 5.88. The molecule has 2 aromatic carbocycles. The summed E-state index contributed by atoms with van der Waals surface area (Å²) in [6, 6.07) is 16.8. The van der Waals surface area contributed by atoms with Gasteiger partial charge in [0.25, 0.3) is 0 Å². The average Bonchev–Trinajstić information content (AvgIpc) is 3.33. The maximum atomic E-state index is 12.6. The van der Waals surface area contributed by atoms with Crippen LogP contribution in [0, 0.1) is 6.92 Å². The zero-order chi connectivity index (χ0) is 30.3. The zero-order valence-electron chi connectivity index (χ0n) is 25.5. The number of carbonyl (C=O) groups is 1. The van der Waals surface area contributed by atoms with Gasteiger partial charge < -0.3 is 14.6 Å². The fourth-order valence-electron chi connectivity index (χ4n) is 5.44. The molecule has 0 aliphatic carbocycles. The number of hydrogen-bond acceptors (Lipinski definition) is 7. The Hall–Kier alpha value is -4.86. The summed E-state index contributed by atoms with van der Waals surface area (Å²) in [5, 5.41) is 3.47. The molecule has 0 atom stereocenters. The van der Waals surface area contributed by atoms with Crippen LogP contribution in [0.2, 0.25) is 0 Å². The van der Waals surface area contributed by atoms with Gasteiger partial charge in [0.05, 0.1) is 36.2 Å². The normalized spacial score (nSPS) is 14.0. The zero-order valence-corrected chi connectivity index (χ0v) is 25.5. The molecule has 5 aromatic rings. The van der Waals surface area contributed by atoms with Crippen molar-refractivity contribution in [1.82, 2.24) is 29.4 Å². The van der Waals surface area contributed by atoms with Crippen LogP contribution in [0.25, 0.3) is 22.1 Å². The first-order valence-electron chi connectivity index (χ1n) is 14.5. The lowest BCUT2D eigenvalue weighted by molar-refractivity contribution is -0.452. The number of nitrogens with one attached hydrogen (secondary N) is 1. The summed E-state index contributed by atoms with van der Waals surface area (Å²) < 4.78 is 9.74. The van der Waals surface area contributed by atoms with Crippen molar-refractivity contribution in [3.8, 4) is 0 Å². The lowest BCUT2D eigenvalue weighted by Crippen LogP contribution is -2.47. The molecule has 0 spiro atoms. The highest BCUT2D eigenvalue weighted by Gasteiger charge is 2.29. The molecular formula is C33H37N8O2+. The van der Waals surface area contributed by atoms with Gasteiger partial charge in [-0.1, -0.05) is 12.1 Å². The third-order valence-corrected chi connectivity index (χ3v) is 7.66. The fraction of sp³-hybridized carbons (Fsp3) is 0.333. The first-order chi connectivity index (χ1) is 20.5. The number of aromatic nitrogens is 5. The van der Waals surface area contributed by atoms with Gasteiger partial charge in [0.1, 0.15) is 24.0 Å². The molecule has 0 saturated carbocycles. The van der Waals surface area contributed by atoms with E-state index < -0.39 is 5.60 Å². The van der Waals surface area contributed by atoms with Crippen LogP contribution >= 0.6 is 0 Å². The summed E-state index contributed by atoms with van der Waals surface area (Å²) in [6.07, 6.45) is 3.93. The number of ether oxygens (including phenoxy) is 1. The Morgan fingerprint density at radius 1 is 1.02 bits per heavy atom. The molecule has 10 heteroatoms. The minimum absolute atomic E-state index is 0.298. The summed E-state index contributed by atoms with van der Waals surface area (Å²) >= 11 is 0. The van der Waals surface area contributed by atoms with E-state index in [4.69, 9.17) is 9.72 Å². The molecule has 220 valence electrons. The van der Waals surface area contributed by atoms with Crippen LogP contribution in [0.15, 0.2) is 61.2 Å². The number of carbonyl (C=O) groups excluding carboxylic acids is 1. The second-order valence-electron chi connectivity index (χ2n) is 12.2. The molecule has 1 N–H and O–H groups in total. The number of benzene rings is 2. The van der Waals surface area contributed by atoms with Crippen molar-refractivity contribution in [3.05, 3.63) is 77.9 Å². The SMILES string of the molecule is CC1=[N+](c2ccc3ncnc(Nc4ccc(Cc5ccc6c(c5)ncn6C)c(C)c4)c3n2)CCN(C(=O)OC(C)(C)C)C1. The number of anilines is 2. The molecule has 10 nitrogen and oxygen atoms in total. The van der Waals surface area contributed by atoms with Crippen LogP contribution in [-0.4, -0.2) is 71.0 Å². The highest BCUT2D eigenvalue weighted by Crippen LogP contribution is 2.27. The molecule has 3 aromatic heterocycles. The molecule has 0 bridgehead atoms. The summed E-state index contributed by atoms with van der Waals surface area (Å²) in [5.74, 6) is 1.44. The van der Waals surface area contributed by atoms with Gasteiger partial charge in [-0.25, -0.2) is 24.3 Å². The van der Waals surface area contributed by atoms with Crippen molar-refractivity contribution in [2.45, 2.75) is 46.6 Å². The summed E-state index contributed by atoms with van der Waals surface area (Å²) in [4.78, 5) is 32.8. The Kier molecular flexibility index (Phi) is 7.29. The second-order valence-corrected chi connectivity index (χ2v) is 12.2. The van der Waals surface area contributed by atoms with E-state index in [2.05, 4.69) is 68.2 Å². The number of fused-ring (bicyclic) bond motifs is 2. The van der Waals surface area contributed by atoms with E-state index in [1.165, 1.54) is 16.7 Å². The third-order valence-electron chi connectivity index (χ3n) is 7.66. The first-order valence-corrected chi connectivity index (χ1v) is 14.5. The molecule has 1 aliphatic heterocycles. The standard InChI is InChI=1S/C33H37N8O2/c1-21-15-25(9-8-24(21)16-23-7-11-28-27(17-23)36-20-39(28)6)37-31-30-26(34-19-35-31)10-12-29(38-30)41-14-13-40(18-22(41)2)32(42)43-33(3,4)5/h7-12,15,17,19-20H,13-14,16,18H2,1-6H3,(H,34,35,37)/q+1. The molecule has 0 unspecified atom stereocenters. The molecule has 0 radical (unpaired) electrons. The highest BCUT2D eigenvalue weighted by atomic mass is 16.6. The Labute approximate surface area is 251 Å². The predicted molar refractivity (Wildman–Crippen MR) is 169 cm³/mol. The van der Waals surface area contributed by atoms with Gasteiger partial charge in [-0.3, -0.25) is 4.90 Å². The number of pyridine rings is 1. The first kappa shape index (κ1) is 28.3. The molecule has 1 amide bonds. The van der Waals surface area contributed by atoms with Crippen molar-refractivity contribution in [2.24, 2.45) is 7.05 Å². The average molecular weight is 578 g/mol. The number of rotatable bonds is 5.